The third-order valence-electron chi connectivity index (χ3n) is 6.20. The Morgan fingerprint density at radius 2 is 1.84 bits per heavy atom. The van der Waals surface area contributed by atoms with Crippen LogP contribution in [0.5, 0.6) is 5.75 Å². The molecule has 0 saturated carbocycles. The van der Waals surface area contributed by atoms with Gasteiger partial charge in [0.25, 0.3) is 5.56 Å². The van der Waals surface area contributed by atoms with Crippen LogP contribution in [-0.2, 0) is 9.53 Å². The molecule has 188 valence electrons. The molecule has 0 bridgehead atoms. The Hall–Kier alpha value is -3.68. The summed E-state index contributed by atoms with van der Waals surface area (Å²) in [6.45, 7) is 5.35. The molecule has 6 nitrogen and oxygen atoms in total. The van der Waals surface area contributed by atoms with Crippen LogP contribution in [0.1, 0.15) is 37.9 Å². The monoisotopic (exact) mass is 532 g/mol. The van der Waals surface area contributed by atoms with Gasteiger partial charge in [-0.1, -0.05) is 65.4 Å². The molecule has 1 aliphatic rings. The molecule has 0 amide bonds. The summed E-state index contributed by atoms with van der Waals surface area (Å²) >= 11 is 7.42. The van der Waals surface area contributed by atoms with Gasteiger partial charge in [0.05, 0.1) is 35.1 Å². The number of benzene rings is 3. The number of nitrogens with zero attached hydrogens (tertiary/aromatic N) is 2. The molecule has 5 rings (SSSR count). The highest BCUT2D eigenvalue weighted by atomic mass is 35.5. The SMILES string of the molecule is COc1ccc2ccccc2c1C=c1sc2n(c1=O)C(c1ccc(Cl)cc1)C(C(=O)OC(C)C)=C(C)N=2. The third kappa shape index (κ3) is 4.61. The molecule has 0 fully saturated rings. The number of hydrogen-bond donors (Lipinski definition) is 0. The summed E-state index contributed by atoms with van der Waals surface area (Å²) in [6, 6.07) is 18.3. The summed E-state index contributed by atoms with van der Waals surface area (Å²) in [6.07, 6.45) is 1.53. The largest absolute Gasteiger partial charge is 0.496 e. The average Bonchev–Trinajstić information content (AvgIpc) is 3.17. The van der Waals surface area contributed by atoms with E-state index in [1.807, 2.05) is 54.6 Å². The second-order valence-electron chi connectivity index (χ2n) is 8.99. The number of carbonyl (C=O) groups is 1. The van der Waals surface area contributed by atoms with Gasteiger partial charge in [-0.15, -0.1) is 0 Å². The van der Waals surface area contributed by atoms with Crippen LogP contribution in [0.15, 0.2) is 81.7 Å². The van der Waals surface area contributed by atoms with E-state index in [4.69, 9.17) is 21.1 Å². The number of carbonyl (C=O) groups excluding carboxylic acids is 1. The van der Waals surface area contributed by atoms with Crippen molar-refractivity contribution >= 4 is 45.8 Å². The second-order valence-corrected chi connectivity index (χ2v) is 10.4. The van der Waals surface area contributed by atoms with Gasteiger partial charge >= 0.3 is 5.97 Å². The maximum Gasteiger partial charge on any atom is 0.338 e. The Bertz CT molecular complexity index is 1730. The number of fused-ring (bicyclic) bond motifs is 2. The van der Waals surface area contributed by atoms with Crippen LogP contribution < -0.4 is 19.6 Å². The molecule has 2 heterocycles. The van der Waals surface area contributed by atoms with E-state index in [1.54, 1.807) is 44.6 Å². The minimum atomic E-state index is -0.698. The summed E-state index contributed by atoms with van der Waals surface area (Å²) in [5, 5.41) is 2.57. The van der Waals surface area contributed by atoms with Gasteiger partial charge in [0.2, 0.25) is 0 Å². The van der Waals surface area contributed by atoms with Gasteiger partial charge in [-0.05, 0) is 61.4 Å². The summed E-state index contributed by atoms with van der Waals surface area (Å²) in [5.74, 6) is 0.164. The number of halogens is 1. The highest BCUT2D eigenvalue weighted by Gasteiger charge is 2.33. The van der Waals surface area contributed by atoms with Crippen LogP contribution in [0, 0.1) is 0 Å². The summed E-state index contributed by atoms with van der Waals surface area (Å²) in [4.78, 5) is 32.3. The number of rotatable bonds is 5. The van der Waals surface area contributed by atoms with Crippen molar-refractivity contribution in [3.05, 3.63) is 108 Å². The fraction of sp³-hybridized carbons (Fsp3) is 0.207. The van der Waals surface area contributed by atoms with E-state index in [2.05, 4.69) is 4.99 Å². The Labute approximate surface area is 222 Å². The van der Waals surface area contributed by atoms with E-state index in [1.165, 1.54) is 11.3 Å². The second kappa shape index (κ2) is 10.00. The van der Waals surface area contributed by atoms with E-state index in [0.717, 1.165) is 21.9 Å². The maximum atomic E-state index is 13.9. The van der Waals surface area contributed by atoms with Crippen LogP contribution in [0.4, 0.5) is 0 Å². The predicted octanol–water partition coefficient (Wildman–Crippen LogP) is 5.00. The standard InChI is InChI=1S/C29H25ClN2O4S/c1-16(2)36-28(34)25-17(3)31-29-32(26(25)19-9-12-20(30)13-10-19)27(33)24(37-29)15-22-21-8-6-5-7-18(21)11-14-23(22)35-4/h5-16,26H,1-4H3. The number of aromatic nitrogens is 1. The molecule has 4 aromatic rings. The molecule has 1 unspecified atom stereocenters. The molecule has 1 aliphatic heterocycles. The number of esters is 1. The normalized spacial score (nSPS) is 15.6. The van der Waals surface area contributed by atoms with Crippen molar-refractivity contribution in [3.8, 4) is 5.75 Å². The molecule has 1 atom stereocenters. The van der Waals surface area contributed by atoms with Crippen LogP contribution in [0.2, 0.25) is 5.02 Å². The van der Waals surface area contributed by atoms with E-state index >= 15 is 0 Å². The van der Waals surface area contributed by atoms with Crippen molar-refractivity contribution in [2.45, 2.75) is 32.9 Å². The third-order valence-corrected chi connectivity index (χ3v) is 7.43. The summed E-state index contributed by atoms with van der Waals surface area (Å²) in [7, 11) is 1.61. The molecule has 0 spiro atoms. The molecular weight excluding hydrogens is 508 g/mol. The molecule has 1 aromatic heterocycles. The molecule has 8 heteroatoms. The quantitative estimate of drug-likeness (QED) is 0.339. The van der Waals surface area contributed by atoms with Crippen LogP contribution in [0.25, 0.3) is 16.8 Å². The Morgan fingerprint density at radius 1 is 1.11 bits per heavy atom. The highest BCUT2D eigenvalue weighted by Crippen LogP contribution is 2.32. The first-order valence-corrected chi connectivity index (χ1v) is 13.0. The minimum Gasteiger partial charge on any atom is -0.496 e. The van der Waals surface area contributed by atoms with E-state index < -0.39 is 12.0 Å². The molecule has 37 heavy (non-hydrogen) atoms. The Morgan fingerprint density at radius 3 is 2.54 bits per heavy atom. The zero-order chi connectivity index (χ0) is 26.3. The fourth-order valence-electron chi connectivity index (χ4n) is 4.55. The van der Waals surface area contributed by atoms with Crippen molar-refractivity contribution in [1.29, 1.82) is 0 Å². The number of hydrogen-bond acceptors (Lipinski definition) is 6. The zero-order valence-electron chi connectivity index (χ0n) is 20.8. The molecule has 0 radical (unpaired) electrons. The van der Waals surface area contributed by atoms with Gasteiger partial charge in [-0.3, -0.25) is 9.36 Å². The Balaban J connectivity index is 1.77. The maximum absolute atomic E-state index is 13.9. The summed E-state index contributed by atoms with van der Waals surface area (Å²) in [5.41, 5.74) is 2.15. The lowest BCUT2D eigenvalue weighted by molar-refractivity contribution is -0.143. The van der Waals surface area contributed by atoms with Crippen LogP contribution in [-0.4, -0.2) is 23.8 Å². The molecule has 0 N–H and O–H groups in total. The molecule has 0 aliphatic carbocycles. The lowest BCUT2D eigenvalue weighted by atomic mass is 9.96. The zero-order valence-corrected chi connectivity index (χ0v) is 22.4. The van der Waals surface area contributed by atoms with Crippen molar-refractivity contribution in [2.24, 2.45) is 4.99 Å². The summed E-state index contributed by atoms with van der Waals surface area (Å²) < 4.78 is 13.2. The lowest BCUT2D eigenvalue weighted by Crippen LogP contribution is -2.40. The van der Waals surface area contributed by atoms with Crippen LogP contribution >= 0.6 is 22.9 Å². The molecule has 3 aromatic carbocycles. The highest BCUT2D eigenvalue weighted by molar-refractivity contribution is 7.07. The van der Waals surface area contributed by atoms with Gasteiger partial charge in [0.15, 0.2) is 4.80 Å². The number of ether oxygens (including phenoxy) is 2. The Kier molecular flexibility index (Phi) is 6.75. The van der Waals surface area contributed by atoms with E-state index in [0.29, 0.717) is 31.4 Å². The van der Waals surface area contributed by atoms with Gasteiger partial charge in [0, 0.05) is 10.6 Å². The van der Waals surface area contributed by atoms with Crippen molar-refractivity contribution in [3.63, 3.8) is 0 Å². The number of methoxy groups -OCH3 is 1. The average molecular weight is 533 g/mol. The molecular formula is C29H25ClN2O4S. The van der Waals surface area contributed by atoms with E-state index in [9.17, 15) is 9.59 Å². The first kappa shape index (κ1) is 25.0. The predicted molar refractivity (Wildman–Crippen MR) is 147 cm³/mol. The van der Waals surface area contributed by atoms with Crippen molar-refractivity contribution < 1.29 is 14.3 Å². The fourth-order valence-corrected chi connectivity index (χ4v) is 5.71. The minimum absolute atomic E-state index is 0.249. The number of allylic oxidation sites excluding steroid dienone is 1. The van der Waals surface area contributed by atoms with Crippen LogP contribution in [0.3, 0.4) is 0 Å². The number of thiazole rings is 1. The van der Waals surface area contributed by atoms with Gasteiger partial charge in [-0.25, -0.2) is 9.79 Å². The lowest BCUT2D eigenvalue weighted by Gasteiger charge is -2.25. The van der Waals surface area contributed by atoms with Gasteiger partial charge < -0.3 is 9.47 Å². The first-order valence-electron chi connectivity index (χ1n) is 11.8. The van der Waals surface area contributed by atoms with Gasteiger partial charge in [0.1, 0.15) is 5.75 Å². The first-order chi connectivity index (χ1) is 17.8. The molecule has 0 saturated heterocycles. The van der Waals surface area contributed by atoms with E-state index in [-0.39, 0.29) is 11.7 Å². The van der Waals surface area contributed by atoms with Crippen molar-refractivity contribution in [1.82, 2.24) is 4.57 Å². The topological polar surface area (TPSA) is 69.9 Å². The van der Waals surface area contributed by atoms with Crippen molar-refractivity contribution in [2.75, 3.05) is 7.11 Å². The van der Waals surface area contributed by atoms with Gasteiger partial charge in [-0.2, -0.15) is 0 Å². The smallest absolute Gasteiger partial charge is 0.338 e.